The molecule has 0 bridgehead atoms. The van der Waals surface area contributed by atoms with Crippen LogP contribution in [0, 0.1) is 13.8 Å². The summed E-state index contributed by atoms with van der Waals surface area (Å²) in [6, 6.07) is 14.9. The van der Waals surface area contributed by atoms with Gasteiger partial charge >= 0.3 is 0 Å². The fourth-order valence-corrected chi connectivity index (χ4v) is 11.6. The van der Waals surface area contributed by atoms with Gasteiger partial charge in [-0.25, -0.2) is 0 Å². The smallest absolute Gasteiger partial charge is 0.0501 e. The topological polar surface area (TPSA) is 0 Å². The summed E-state index contributed by atoms with van der Waals surface area (Å²) < 4.78 is 3.03. The molecule has 2 aliphatic rings. The fourth-order valence-electron chi connectivity index (χ4n) is 7.64. The van der Waals surface area contributed by atoms with E-state index in [9.17, 15) is 0 Å². The van der Waals surface area contributed by atoms with E-state index in [1.54, 1.807) is 31.8 Å². The molecular formula is C32H32S3. The summed E-state index contributed by atoms with van der Waals surface area (Å²) in [5.41, 5.74) is 9.71. The van der Waals surface area contributed by atoms with Crippen LogP contribution >= 0.6 is 34.0 Å². The Morgan fingerprint density at radius 2 is 1.17 bits per heavy atom. The van der Waals surface area contributed by atoms with Crippen molar-refractivity contribution in [2.45, 2.75) is 78.1 Å². The third-order valence-corrected chi connectivity index (χ3v) is 12.9. The van der Waals surface area contributed by atoms with Gasteiger partial charge in [-0.2, -0.15) is 0 Å². The molecule has 3 heterocycles. The quantitative estimate of drug-likeness (QED) is 0.225. The molecule has 35 heavy (non-hydrogen) atoms. The third kappa shape index (κ3) is 2.48. The molecular weight excluding hydrogens is 481 g/mol. The zero-order chi connectivity index (χ0) is 24.3. The van der Waals surface area contributed by atoms with E-state index >= 15 is 0 Å². The molecule has 0 nitrogen and oxygen atoms in total. The van der Waals surface area contributed by atoms with E-state index in [0.29, 0.717) is 0 Å². The highest BCUT2D eigenvalue weighted by Crippen LogP contribution is 2.63. The molecule has 0 fully saturated rings. The predicted molar refractivity (Wildman–Crippen MR) is 158 cm³/mol. The van der Waals surface area contributed by atoms with Crippen molar-refractivity contribution in [3.63, 3.8) is 0 Å². The molecule has 0 unspecified atom stereocenters. The van der Waals surface area contributed by atoms with E-state index in [2.05, 4.69) is 77.9 Å². The van der Waals surface area contributed by atoms with Crippen LogP contribution in [0.3, 0.4) is 0 Å². The first kappa shape index (κ1) is 22.3. The largest absolute Gasteiger partial charge is 0.140 e. The van der Waals surface area contributed by atoms with Crippen LogP contribution in [-0.2, 0) is 10.8 Å². The molecule has 3 aromatic heterocycles. The Hall–Kier alpha value is -1.94. The van der Waals surface area contributed by atoms with Crippen molar-refractivity contribution >= 4 is 54.2 Å². The van der Waals surface area contributed by atoms with Crippen LogP contribution in [0.2, 0.25) is 0 Å². The van der Waals surface area contributed by atoms with Crippen LogP contribution in [0.25, 0.3) is 41.1 Å². The van der Waals surface area contributed by atoms with Gasteiger partial charge < -0.3 is 0 Å². The van der Waals surface area contributed by atoms with E-state index < -0.39 is 0 Å². The number of benzene rings is 2. The Morgan fingerprint density at radius 1 is 0.600 bits per heavy atom. The Kier molecular flexibility index (Phi) is 4.65. The second-order valence-electron chi connectivity index (χ2n) is 10.6. The molecule has 178 valence electrons. The van der Waals surface area contributed by atoms with Gasteiger partial charge in [0, 0.05) is 46.2 Å². The summed E-state index contributed by atoms with van der Waals surface area (Å²) in [7, 11) is 0. The Morgan fingerprint density at radius 3 is 1.80 bits per heavy atom. The van der Waals surface area contributed by atoms with Crippen LogP contribution in [-0.4, -0.2) is 0 Å². The SMILES string of the molecule is CCC1(CC)c2cc(C)sc2-c2c1ccc1c3c(ccc21)C(CC)(CC)c1c-3sc2cc(C)sc12. The summed E-state index contributed by atoms with van der Waals surface area (Å²) >= 11 is 6.05. The minimum absolute atomic E-state index is 0.134. The molecule has 0 atom stereocenters. The van der Waals surface area contributed by atoms with Crippen molar-refractivity contribution in [3.8, 4) is 20.9 Å². The monoisotopic (exact) mass is 512 g/mol. The maximum Gasteiger partial charge on any atom is 0.0501 e. The van der Waals surface area contributed by atoms with Gasteiger partial charge in [0.2, 0.25) is 0 Å². The van der Waals surface area contributed by atoms with Crippen LogP contribution in [0.15, 0.2) is 36.4 Å². The summed E-state index contributed by atoms with van der Waals surface area (Å²) in [4.78, 5) is 5.96. The highest BCUT2D eigenvalue weighted by atomic mass is 32.1. The van der Waals surface area contributed by atoms with Gasteiger partial charge in [-0.1, -0.05) is 52.0 Å². The second-order valence-corrected chi connectivity index (χ2v) is 14.2. The molecule has 2 aromatic carbocycles. The van der Waals surface area contributed by atoms with Gasteiger partial charge in [0.1, 0.15) is 0 Å². The van der Waals surface area contributed by atoms with Gasteiger partial charge in [-0.15, -0.1) is 34.0 Å². The van der Waals surface area contributed by atoms with Crippen molar-refractivity contribution in [1.29, 1.82) is 0 Å². The number of aryl methyl sites for hydroxylation is 2. The lowest BCUT2D eigenvalue weighted by Gasteiger charge is -2.30. The molecule has 0 amide bonds. The molecule has 7 rings (SSSR count). The van der Waals surface area contributed by atoms with E-state index in [-0.39, 0.29) is 10.8 Å². The lowest BCUT2D eigenvalue weighted by atomic mass is 9.73. The fraction of sp³-hybridized carbons (Fsp3) is 0.375. The molecule has 0 aliphatic heterocycles. The zero-order valence-electron chi connectivity index (χ0n) is 21.5. The van der Waals surface area contributed by atoms with Crippen molar-refractivity contribution in [3.05, 3.63) is 68.4 Å². The number of hydrogen-bond donors (Lipinski definition) is 0. The Balaban J connectivity index is 1.62. The molecule has 0 spiro atoms. The summed E-state index contributed by atoms with van der Waals surface area (Å²) in [6.45, 7) is 14.1. The molecule has 3 heteroatoms. The molecule has 2 aliphatic carbocycles. The van der Waals surface area contributed by atoms with Crippen LogP contribution in [0.4, 0.5) is 0 Å². The van der Waals surface area contributed by atoms with Gasteiger partial charge in [-0.3, -0.25) is 0 Å². The minimum atomic E-state index is 0.134. The zero-order valence-corrected chi connectivity index (χ0v) is 24.0. The van der Waals surface area contributed by atoms with E-state index in [1.807, 2.05) is 34.0 Å². The Bertz CT molecular complexity index is 1660. The van der Waals surface area contributed by atoms with Crippen molar-refractivity contribution in [2.75, 3.05) is 0 Å². The summed E-state index contributed by atoms with van der Waals surface area (Å²) in [6.07, 6.45) is 4.64. The van der Waals surface area contributed by atoms with Crippen LogP contribution in [0.5, 0.6) is 0 Å². The first-order chi connectivity index (χ1) is 16.9. The normalized spacial score (nSPS) is 16.6. The summed E-state index contributed by atoms with van der Waals surface area (Å²) in [5, 5.41) is 2.94. The van der Waals surface area contributed by atoms with E-state index in [0.717, 1.165) is 25.7 Å². The van der Waals surface area contributed by atoms with Crippen molar-refractivity contribution in [1.82, 2.24) is 0 Å². The average Bonchev–Trinajstić information content (AvgIpc) is 3.62. The van der Waals surface area contributed by atoms with Crippen LogP contribution < -0.4 is 0 Å². The number of fused-ring (bicyclic) bond motifs is 11. The van der Waals surface area contributed by atoms with Crippen molar-refractivity contribution in [2.24, 2.45) is 0 Å². The summed E-state index contributed by atoms with van der Waals surface area (Å²) in [5.74, 6) is 0. The highest BCUT2D eigenvalue weighted by Gasteiger charge is 2.46. The van der Waals surface area contributed by atoms with Crippen molar-refractivity contribution < 1.29 is 0 Å². The lowest BCUT2D eigenvalue weighted by Crippen LogP contribution is -2.23. The van der Waals surface area contributed by atoms with E-state index in [4.69, 9.17) is 0 Å². The average molecular weight is 513 g/mol. The standard InChI is InChI=1S/C32H32S3/c1-7-31(8-2)21-13-11-20-19(25(21)28-23(31)15-17(5)33-28)12-14-22-26(20)30-27(32(22,9-3)10-4)29-24(35-30)16-18(6)34-29/h11-16H,7-10H2,1-6H3. The van der Waals surface area contributed by atoms with Gasteiger partial charge in [0.05, 0.1) is 4.70 Å². The number of thiophene rings is 3. The van der Waals surface area contributed by atoms with Gasteiger partial charge in [-0.05, 0) is 84.7 Å². The molecule has 0 saturated carbocycles. The first-order valence-corrected chi connectivity index (χ1v) is 15.6. The van der Waals surface area contributed by atoms with Crippen LogP contribution in [0.1, 0.15) is 85.4 Å². The number of rotatable bonds is 4. The highest BCUT2D eigenvalue weighted by molar-refractivity contribution is 7.30. The first-order valence-electron chi connectivity index (χ1n) is 13.2. The molecule has 5 aromatic rings. The Labute approximate surface area is 220 Å². The maximum absolute atomic E-state index is 2.52. The minimum Gasteiger partial charge on any atom is -0.140 e. The predicted octanol–water partition coefficient (Wildman–Crippen LogP) is 11.0. The van der Waals surface area contributed by atoms with Gasteiger partial charge in [0.25, 0.3) is 0 Å². The number of hydrogen-bond acceptors (Lipinski definition) is 3. The third-order valence-electron chi connectivity index (χ3n) is 9.44. The molecule has 0 saturated heterocycles. The lowest BCUT2D eigenvalue weighted by molar-refractivity contribution is 0.491. The maximum atomic E-state index is 2.52. The second kappa shape index (κ2) is 7.31. The van der Waals surface area contributed by atoms with E-state index in [1.165, 1.54) is 41.2 Å². The molecule has 0 N–H and O–H groups in total. The molecule has 0 radical (unpaired) electrons. The van der Waals surface area contributed by atoms with Gasteiger partial charge in [0.15, 0.2) is 0 Å².